The predicted molar refractivity (Wildman–Crippen MR) is 160 cm³/mol. The van der Waals surface area contributed by atoms with Gasteiger partial charge in [-0.25, -0.2) is 4.39 Å². The minimum absolute atomic E-state index is 0.208. The number of hydrogen-bond acceptors (Lipinski definition) is 3. The molecule has 1 unspecified atom stereocenters. The van der Waals surface area contributed by atoms with Gasteiger partial charge in [-0.3, -0.25) is 0 Å². The molecule has 38 heavy (non-hydrogen) atoms. The van der Waals surface area contributed by atoms with Crippen molar-refractivity contribution in [2.75, 3.05) is 5.73 Å². The number of allylic oxidation sites excluding steroid dienone is 5. The third-order valence-electron chi connectivity index (χ3n) is 9.18. The highest BCUT2D eigenvalue weighted by Crippen LogP contribution is 2.52. The van der Waals surface area contributed by atoms with Gasteiger partial charge in [0.2, 0.25) is 0 Å². The number of nitrogen functional groups attached to an aromatic ring is 1. The topological polar surface area (TPSA) is 77.2 Å². The number of anilines is 1. The van der Waals surface area contributed by atoms with Gasteiger partial charge in [-0.1, -0.05) is 52.7 Å². The minimum atomic E-state index is -0.906. The van der Waals surface area contributed by atoms with Crippen molar-refractivity contribution in [3.8, 4) is 0 Å². The van der Waals surface area contributed by atoms with Crippen LogP contribution in [0.3, 0.4) is 0 Å². The summed E-state index contributed by atoms with van der Waals surface area (Å²) in [5, 5.41) is 11.1. The Balaban J connectivity index is 0.00000164. The van der Waals surface area contributed by atoms with Crippen molar-refractivity contribution in [1.29, 1.82) is 0 Å². The zero-order valence-corrected chi connectivity index (χ0v) is 24.0. The summed E-state index contributed by atoms with van der Waals surface area (Å²) in [5.74, 6) is 1.04. The number of aromatic nitrogens is 1. The second-order valence-electron chi connectivity index (χ2n) is 11.9. The third kappa shape index (κ3) is 5.45. The molecule has 1 aromatic heterocycles. The number of nitrogens with zero attached hydrogens (tertiary/aromatic N) is 1. The number of alkyl halides is 1. The summed E-state index contributed by atoms with van der Waals surface area (Å²) in [6, 6.07) is 4.30. The van der Waals surface area contributed by atoms with Gasteiger partial charge in [0.1, 0.15) is 6.17 Å². The van der Waals surface area contributed by atoms with Crippen LogP contribution in [0.2, 0.25) is 0 Å². The molecule has 5 rings (SSSR count). The van der Waals surface area contributed by atoms with Crippen molar-refractivity contribution in [2.45, 2.75) is 111 Å². The molecule has 4 nitrogen and oxygen atoms in total. The molecule has 2 fully saturated rings. The van der Waals surface area contributed by atoms with E-state index >= 15 is 0 Å². The number of rotatable bonds is 7. The largest absolute Gasteiger partial charge is 0.513 e. The highest BCUT2D eigenvalue weighted by molar-refractivity contribution is 5.93. The molecule has 0 amide bonds. The lowest BCUT2D eigenvalue weighted by Gasteiger charge is -2.45. The molecule has 3 aliphatic rings. The average molecular weight is 522 g/mol. The Morgan fingerprint density at radius 1 is 1.18 bits per heavy atom. The lowest BCUT2D eigenvalue weighted by molar-refractivity contribution is 0.0615. The Morgan fingerprint density at radius 3 is 2.47 bits per heavy atom. The number of aliphatic hydroxyl groups is 1. The fourth-order valence-electron chi connectivity index (χ4n) is 6.95. The van der Waals surface area contributed by atoms with E-state index in [1.54, 1.807) is 0 Å². The molecule has 0 radical (unpaired) electrons. The van der Waals surface area contributed by atoms with Crippen molar-refractivity contribution in [1.82, 2.24) is 4.57 Å². The maximum Gasteiger partial charge on any atom is 0.125 e. The van der Waals surface area contributed by atoms with Crippen molar-refractivity contribution < 1.29 is 9.50 Å². The van der Waals surface area contributed by atoms with E-state index in [9.17, 15) is 9.50 Å². The summed E-state index contributed by atoms with van der Waals surface area (Å²) in [6.45, 7) is 12.4. The predicted octanol–water partition coefficient (Wildman–Crippen LogP) is 8.71. The molecule has 3 aliphatic carbocycles. The molecule has 1 atom stereocenters. The lowest BCUT2D eigenvalue weighted by Crippen LogP contribution is -2.35. The summed E-state index contributed by atoms with van der Waals surface area (Å²) in [7, 11) is 0. The summed E-state index contributed by atoms with van der Waals surface area (Å²) < 4.78 is 16.8. The Morgan fingerprint density at radius 2 is 1.87 bits per heavy atom. The first-order valence-corrected chi connectivity index (χ1v) is 14.8. The molecule has 0 saturated heterocycles. The van der Waals surface area contributed by atoms with E-state index in [-0.39, 0.29) is 11.3 Å². The average Bonchev–Trinajstić information content (AvgIpc) is 3.21. The smallest absolute Gasteiger partial charge is 0.125 e. The van der Waals surface area contributed by atoms with E-state index in [4.69, 9.17) is 11.5 Å². The number of nitrogens with two attached hydrogens (primary N) is 2. The molecule has 0 aliphatic heterocycles. The Bertz CT molecular complexity index is 1220. The highest BCUT2D eigenvalue weighted by atomic mass is 19.1. The van der Waals surface area contributed by atoms with E-state index in [0.717, 1.165) is 53.7 Å². The van der Waals surface area contributed by atoms with Crippen LogP contribution >= 0.6 is 0 Å². The first-order valence-electron chi connectivity index (χ1n) is 14.8. The maximum atomic E-state index is 14.4. The van der Waals surface area contributed by atoms with Gasteiger partial charge in [0.05, 0.1) is 11.3 Å². The van der Waals surface area contributed by atoms with Crippen molar-refractivity contribution in [3.05, 3.63) is 59.0 Å². The number of fused-ring (bicyclic) bond motifs is 1. The van der Waals surface area contributed by atoms with Crippen molar-refractivity contribution in [2.24, 2.45) is 17.1 Å². The highest BCUT2D eigenvalue weighted by Gasteiger charge is 2.41. The van der Waals surface area contributed by atoms with E-state index in [1.165, 1.54) is 48.7 Å². The van der Waals surface area contributed by atoms with Gasteiger partial charge >= 0.3 is 0 Å². The lowest BCUT2D eigenvalue weighted by atomic mass is 9.60. The van der Waals surface area contributed by atoms with Gasteiger partial charge in [-0.2, -0.15) is 0 Å². The third-order valence-corrected chi connectivity index (χ3v) is 9.18. The van der Waals surface area contributed by atoms with Gasteiger partial charge < -0.3 is 21.1 Å². The minimum Gasteiger partial charge on any atom is -0.513 e. The van der Waals surface area contributed by atoms with Crippen LogP contribution in [0.25, 0.3) is 16.6 Å². The van der Waals surface area contributed by atoms with Crippen LogP contribution in [0.4, 0.5) is 10.1 Å². The monoisotopic (exact) mass is 521 g/mol. The fourth-order valence-corrected chi connectivity index (χ4v) is 6.95. The molecule has 1 aromatic carbocycles. The molecule has 5 N–H and O–H groups in total. The Kier molecular flexibility index (Phi) is 8.76. The van der Waals surface area contributed by atoms with Crippen LogP contribution in [-0.4, -0.2) is 15.8 Å². The van der Waals surface area contributed by atoms with E-state index in [0.29, 0.717) is 24.6 Å². The molecule has 0 spiro atoms. The Hall–Kier alpha value is -2.53. The number of hydrogen-bond donors (Lipinski definition) is 3. The van der Waals surface area contributed by atoms with Crippen molar-refractivity contribution >= 4 is 22.3 Å². The van der Waals surface area contributed by atoms with Gasteiger partial charge in [-0.05, 0) is 91.7 Å². The molecular formula is C33H48FN3O. The molecule has 1 heterocycles. The van der Waals surface area contributed by atoms with Crippen LogP contribution < -0.4 is 11.5 Å². The van der Waals surface area contributed by atoms with Gasteiger partial charge in [0, 0.05) is 41.3 Å². The number of benzene rings is 1. The van der Waals surface area contributed by atoms with Crippen LogP contribution in [0.5, 0.6) is 0 Å². The van der Waals surface area contributed by atoms with Crippen LogP contribution in [0.1, 0.15) is 108 Å². The number of aliphatic hydroxyl groups excluding tert-OH is 1. The first kappa shape index (κ1) is 28.5. The number of aryl methyl sites for hydroxylation is 1. The quantitative estimate of drug-likeness (QED) is 0.252. The van der Waals surface area contributed by atoms with Gasteiger partial charge in [0.15, 0.2) is 0 Å². The normalized spacial score (nSPS) is 25.7. The van der Waals surface area contributed by atoms with E-state index in [1.807, 2.05) is 26.8 Å². The summed E-state index contributed by atoms with van der Waals surface area (Å²) in [6.07, 6.45) is 13.8. The zero-order valence-electron chi connectivity index (χ0n) is 24.0. The van der Waals surface area contributed by atoms with Crippen LogP contribution in [0, 0.1) is 11.3 Å². The molecule has 208 valence electrons. The molecule has 0 bridgehead atoms. The molecule has 5 heteroatoms. The fraction of sp³-hybridized carbons (Fsp3) is 0.576. The molecular weight excluding hydrogens is 473 g/mol. The zero-order chi connectivity index (χ0) is 27.6. The van der Waals surface area contributed by atoms with Gasteiger partial charge in [0.25, 0.3) is 0 Å². The van der Waals surface area contributed by atoms with E-state index in [2.05, 4.69) is 36.3 Å². The first-order chi connectivity index (χ1) is 18.2. The molecule has 2 aromatic rings. The summed E-state index contributed by atoms with van der Waals surface area (Å²) >= 11 is 0. The summed E-state index contributed by atoms with van der Waals surface area (Å²) in [4.78, 5) is 0. The maximum absolute atomic E-state index is 14.4. The second-order valence-corrected chi connectivity index (χ2v) is 11.9. The number of halogens is 1. The van der Waals surface area contributed by atoms with Gasteiger partial charge in [-0.15, -0.1) is 0 Å². The van der Waals surface area contributed by atoms with Crippen LogP contribution in [0.15, 0.2) is 42.2 Å². The van der Waals surface area contributed by atoms with Crippen LogP contribution in [-0.2, 0) is 13.0 Å². The van der Waals surface area contributed by atoms with Crippen molar-refractivity contribution in [3.63, 3.8) is 0 Å². The standard InChI is InChI=1S/C31H42FN3O.C2H6/c1-19-13-24(9-10-27(19)32)35-29-14-22(18-33)28(34)15-26(29)25(30(35)21-7-5-4-6-8-21)11-12-31(3)16-23(17-31)20(2)36;1-2/h9,13-15,21,23,27,36H,2,4-8,10-12,16-18,33-34H2,1,3H3;1-2H3. The van der Waals surface area contributed by atoms with E-state index < -0.39 is 6.17 Å². The summed E-state index contributed by atoms with van der Waals surface area (Å²) in [5.41, 5.74) is 20.3. The second kappa shape index (κ2) is 11.7. The molecule has 2 saturated carbocycles. The SMILES string of the molecule is C=C(O)C1CC(C)(CCc2c(C3CCCCC3)n(C3=CCC(F)C(C)=C3)c3cc(CN)c(N)cc23)C1.CC. The Labute approximate surface area is 228 Å².